The first-order chi connectivity index (χ1) is 10.2. The minimum atomic E-state index is 0.195. The van der Waals surface area contributed by atoms with Crippen molar-refractivity contribution < 1.29 is 4.79 Å². The van der Waals surface area contributed by atoms with Crippen molar-refractivity contribution in [2.24, 2.45) is 0 Å². The predicted octanol–water partition coefficient (Wildman–Crippen LogP) is 2.64. The fraction of sp³-hybridized carbons (Fsp3) is 0.438. The normalized spacial score (nSPS) is 15.0. The first kappa shape index (κ1) is 14.4. The molecular formula is C16H20ClN3O. The van der Waals surface area contributed by atoms with Crippen molar-refractivity contribution in [2.45, 2.75) is 25.9 Å². The summed E-state index contributed by atoms with van der Waals surface area (Å²) >= 11 is 6.12. The molecule has 0 aliphatic carbocycles. The smallest absolute Gasteiger partial charge is 0.242 e. The van der Waals surface area contributed by atoms with Gasteiger partial charge in [-0.2, -0.15) is 0 Å². The molecule has 3 rings (SSSR count). The monoisotopic (exact) mass is 305 g/mol. The summed E-state index contributed by atoms with van der Waals surface area (Å²) in [4.78, 5) is 14.3. The Bertz CT molecular complexity index is 659. The lowest BCUT2D eigenvalue weighted by Crippen LogP contribution is -2.30. The van der Waals surface area contributed by atoms with Gasteiger partial charge in [-0.25, -0.2) is 0 Å². The molecule has 0 bridgehead atoms. The highest BCUT2D eigenvalue weighted by Gasteiger charge is 2.19. The minimum Gasteiger partial charge on any atom is -0.341 e. The van der Waals surface area contributed by atoms with Crippen LogP contribution in [-0.4, -0.2) is 35.5 Å². The van der Waals surface area contributed by atoms with Gasteiger partial charge in [-0.05, 0) is 37.6 Å². The van der Waals surface area contributed by atoms with Crippen molar-refractivity contribution in [3.8, 4) is 0 Å². The van der Waals surface area contributed by atoms with Crippen molar-refractivity contribution in [3.05, 3.63) is 35.0 Å². The van der Waals surface area contributed by atoms with Crippen LogP contribution in [0.15, 0.2) is 24.4 Å². The SMILES string of the molecule is CNCc1cn(CC(=O)N2CCCC2)c2cc(Cl)ccc12. The average Bonchev–Trinajstić information content (AvgIpc) is 3.09. The first-order valence-corrected chi connectivity index (χ1v) is 7.76. The maximum atomic E-state index is 12.4. The van der Waals surface area contributed by atoms with Gasteiger partial charge in [-0.3, -0.25) is 4.79 Å². The average molecular weight is 306 g/mol. The van der Waals surface area contributed by atoms with Crippen molar-refractivity contribution in [3.63, 3.8) is 0 Å². The second-order valence-electron chi connectivity index (χ2n) is 5.56. The number of aromatic nitrogens is 1. The van der Waals surface area contributed by atoms with E-state index >= 15 is 0 Å². The van der Waals surface area contributed by atoms with E-state index in [1.165, 1.54) is 5.56 Å². The Morgan fingerprint density at radius 2 is 2.10 bits per heavy atom. The van der Waals surface area contributed by atoms with Crippen molar-refractivity contribution in [1.29, 1.82) is 0 Å². The van der Waals surface area contributed by atoms with Crippen LogP contribution in [0.3, 0.4) is 0 Å². The molecule has 4 nitrogen and oxygen atoms in total. The fourth-order valence-electron chi connectivity index (χ4n) is 3.02. The Morgan fingerprint density at radius 1 is 1.33 bits per heavy atom. The molecule has 0 saturated carbocycles. The van der Waals surface area contributed by atoms with Gasteiger partial charge in [0.05, 0.1) is 5.52 Å². The number of likely N-dealkylation sites (tertiary alicyclic amines) is 1. The van der Waals surface area contributed by atoms with Crippen LogP contribution < -0.4 is 5.32 Å². The molecule has 1 saturated heterocycles. The topological polar surface area (TPSA) is 37.3 Å². The number of hydrogen-bond donors (Lipinski definition) is 1. The Kier molecular flexibility index (Phi) is 4.17. The Balaban J connectivity index is 1.93. The number of hydrogen-bond acceptors (Lipinski definition) is 2. The van der Waals surface area contributed by atoms with Gasteiger partial charge >= 0.3 is 0 Å². The third kappa shape index (κ3) is 2.92. The fourth-order valence-corrected chi connectivity index (χ4v) is 3.18. The van der Waals surface area contributed by atoms with Crippen LogP contribution in [0, 0.1) is 0 Å². The Morgan fingerprint density at radius 3 is 2.81 bits per heavy atom. The van der Waals surface area contributed by atoms with Gasteiger partial charge in [0.1, 0.15) is 6.54 Å². The molecule has 1 aromatic carbocycles. The molecule has 5 heteroatoms. The molecule has 0 radical (unpaired) electrons. The van der Waals surface area contributed by atoms with E-state index in [1.807, 2.05) is 34.7 Å². The molecule has 21 heavy (non-hydrogen) atoms. The van der Waals surface area contributed by atoms with Gasteiger partial charge in [0.2, 0.25) is 5.91 Å². The standard InChI is InChI=1S/C16H20ClN3O/c1-18-9-12-10-20(11-16(21)19-6-2-3-7-19)15-8-13(17)4-5-14(12)15/h4-5,8,10,18H,2-3,6-7,9,11H2,1H3. The molecule has 2 aromatic rings. The molecular weight excluding hydrogens is 286 g/mol. The predicted molar refractivity (Wildman–Crippen MR) is 85.5 cm³/mol. The van der Waals surface area contributed by atoms with Crippen molar-refractivity contribution in [2.75, 3.05) is 20.1 Å². The van der Waals surface area contributed by atoms with E-state index in [4.69, 9.17) is 11.6 Å². The number of nitrogens with zero attached hydrogens (tertiary/aromatic N) is 2. The molecule has 0 spiro atoms. The van der Waals surface area contributed by atoms with E-state index in [-0.39, 0.29) is 5.91 Å². The molecule has 1 N–H and O–H groups in total. The number of halogens is 1. The zero-order chi connectivity index (χ0) is 14.8. The van der Waals surface area contributed by atoms with Crippen LogP contribution >= 0.6 is 11.6 Å². The lowest BCUT2D eigenvalue weighted by atomic mass is 10.2. The molecule has 1 aliphatic rings. The third-order valence-corrected chi connectivity index (χ3v) is 4.29. The zero-order valence-electron chi connectivity index (χ0n) is 12.2. The second kappa shape index (κ2) is 6.08. The summed E-state index contributed by atoms with van der Waals surface area (Å²) in [5, 5.41) is 5.03. The van der Waals surface area contributed by atoms with Gasteiger partial charge in [0.25, 0.3) is 0 Å². The van der Waals surface area contributed by atoms with E-state index in [0.29, 0.717) is 11.6 Å². The molecule has 112 valence electrons. The van der Waals surface area contributed by atoms with Gasteiger partial charge in [0, 0.05) is 36.2 Å². The first-order valence-electron chi connectivity index (χ1n) is 7.38. The third-order valence-electron chi connectivity index (χ3n) is 4.06. The Labute approximate surface area is 129 Å². The van der Waals surface area contributed by atoms with Crippen LogP contribution in [0.5, 0.6) is 0 Å². The van der Waals surface area contributed by atoms with Crippen molar-refractivity contribution in [1.82, 2.24) is 14.8 Å². The van der Waals surface area contributed by atoms with E-state index in [1.54, 1.807) is 0 Å². The van der Waals surface area contributed by atoms with Crippen LogP contribution in [-0.2, 0) is 17.9 Å². The molecule has 1 amide bonds. The number of rotatable bonds is 4. The number of carbonyl (C=O) groups is 1. The maximum Gasteiger partial charge on any atom is 0.242 e. The van der Waals surface area contributed by atoms with E-state index in [2.05, 4.69) is 11.5 Å². The highest BCUT2D eigenvalue weighted by Crippen LogP contribution is 2.25. The number of amides is 1. The van der Waals surface area contributed by atoms with Gasteiger partial charge in [0.15, 0.2) is 0 Å². The largest absolute Gasteiger partial charge is 0.341 e. The van der Waals surface area contributed by atoms with E-state index in [0.717, 1.165) is 43.4 Å². The number of fused-ring (bicyclic) bond motifs is 1. The van der Waals surface area contributed by atoms with Gasteiger partial charge in [-0.1, -0.05) is 17.7 Å². The lowest BCUT2D eigenvalue weighted by Gasteiger charge is -2.16. The molecule has 1 aliphatic heterocycles. The van der Waals surface area contributed by atoms with Crippen LogP contribution in [0.4, 0.5) is 0 Å². The minimum absolute atomic E-state index is 0.195. The number of nitrogens with one attached hydrogen (secondary N) is 1. The number of carbonyl (C=O) groups excluding carboxylic acids is 1. The lowest BCUT2D eigenvalue weighted by molar-refractivity contribution is -0.130. The highest BCUT2D eigenvalue weighted by atomic mass is 35.5. The summed E-state index contributed by atoms with van der Waals surface area (Å²) in [5.74, 6) is 0.195. The highest BCUT2D eigenvalue weighted by molar-refractivity contribution is 6.31. The molecule has 0 unspecified atom stereocenters. The zero-order valence-corrected chi connectivity index (χ0v) is 13.0. The summed E-state index contributed by atoms with van der Waals surface area (Å²) in [6.07, 6.45) is 4.30. The molecule has 1 fully saturated rings. The second-order valence-corrected chi connectivity index (χ2v) is 6.00. The van der Waals surface area contributed by atoms with E-state index < -0.39 is 0 Å². The van der Waals surface area contributed by atoms with Gasteiger partial charge < -0.3 is 14.8 Å². The summed E-state index contributed by atoms with van der Waals surface area (Å²) < 4.78 is 2.02. The summed E-state index contributed by atoms with van der Waals surface area (Å²) in [7, 11) is 1.93. The van der Waals surface area contributed by atoms with Crippen molar-refractivity contribution >= 4 is 28.4 Å². The molecule has 0 atom stereocenters. The van der Waals surface area contributed by atoms with E-state index in [9.17, 15) is 4.79 Å². The van der Waals surface area contributed by atoms with Crippen LogP contribution in [0.2, 0.25) is 5.02 Å². The summed E-state index contributed by atoms with van der Waals surface area (Å²) in [6.45, 7) is 2.95. The molecule has 2 heterocycles. The quantitative estimate of drug-likeness (QED) is 0.943. The summed E-state index contributed by atoms with van der Waals surface area (Å²) in [5.41, 5.74) is 2.22. The molecule has 1 aromatic heterocycles. The van der Waals surface area contributed by atoms with Crippen LogP contribution in [0.1, 0.15) is 18.4 Å². The Hall–Kier alpha value is -1.52. The van der Waals surface area contributed by atoms with Crippen LogP contribution in [0.25, 0.3) is 10.9 Å². The van der Waals surface area contributed by atoms with Gasteiger partial charge in [-0.15, -0.1) is 0 Å². The number of benzene rings is 1. The summed E-state index contributed by atoms with van der Waals surface area (Å²) in [6, 6.07) is 5.87. The maximum absolute atomic E-state index is 12.4.